The number of hydrogen-bond donors (Lipinski definition) is 0. The molecule has 29 heavy (non-hydrogen) atoms. The van der Waals surface area contributed by atoms with Gasteiger partial charge in [-0.15, -0.1) is 11.3 Å². The van der Waals surface area contributed by atoms with Crippen LogP contribution < -0.4 is 4.74 Å². The monoisotopic (exact) mass is 425 g/mol. The lowest BCUT2D eigenvalue weighted by Gasteiger charge is -2.20. The van der Waals surface area contributed by atoms with E-state index in [4.69, 9.17) is 16.3 Å². The molecule has 0 amide bonds. The molecule has 0 aliphatic carbocycles. The van der Waals surface area contributed by atoms with Crippen LogP contribution in [0.25, 0.3) is 0 Å². The largest absolute Gasteiger partial charge is 0.492 e. The average Bonchev–Trinajstić information content (AvgIpc) is 3.14. The molecule has 0 radical (unpaired) electrons. The SMILES string of the molecule is Clc1ccc(C(c2ccc(OCCN3CCCCCC3)cc2)c2cccs2)cc1. The van der Waals surface area contributed by atoms with Gasteiger partial charge in [-0.25, -0.2) is 0 Å². The Balaban J connectivity index is 1.42. The zero-order valence-electron chi connectivity index (χ0n) is 16.7. The van der Waals surface area contributed by atoms with Gasteiger partial charge in [-0.3, -0.25) is 4.90 Å². The van der Waals surface area contributed by atoms with Gasteiger partial charge >= 0.3 is 0 Å². The van der Waals surface area contributed by atoms with Gasteiger partial charge in [0, 0.05) is 22.4 Å². The number of likely N-dealkylation sites (tertiary alicyclic amines) is 1. The van der Waals surface area contributed by atoms with Gasteiger partial charge in [0.05, 0.1) is 0 Å². The molecule has 0 bridgehead atoms. The summed E-state index contributed by atoms with van der Waals surface area (Å²) in [5.74, 6) is 1.17. The maximum atomic E-state index is 6.10. The van der Waals surface area contributed by atoms with Crippen LogP contribution in [0.2, 0.25) is 5.02 Å². The molecule has 152 valence electrons. The summed E-state index contributed by atoms with van der Waals surface area (Å²) in [4.78, 5) is 3.87. The molecule has 0 N–H and O–H groups in total. The highest BCUT2D eigenvalue weighted by atomic mass is 35.5. The second-order valence-electron chi connectivity index (χ2n) is 7.67. The average molecular weight is 426 g/mol. The molecular weight excluding hydrogens is 398 g/mol. The van der Waals surface area contributed by atoms with E-state index in [2.05, 4.69) is 58.8 Å². The molecule has 4 heteroatoms. The Hall–Kier alpha value is -1.81. The number of thiophene rings is 1. The van der Waals surface area contributed by atoms with Crippen LogP contribution in [-0.2, 0) is 0 Å². The Kier molecular flexibility index (Phi) is 7.26. The maximum Gasteiger partial charge on any atom is 0.119 e. The van der Waals surface area contributed by atoms with Crippen molar-refractivity contribution in [2.75, 3.05) is 26.2 Å². The lowest BCUT2D eigenvalue weighted by molar-refractivity contribution is 0.214. The molecule has 1 fully saturated rings. The smallest absolute Gasteiger partial charge is 0.119 e. The Bertz CT molecular complexity index is 853. The van der Waals surface area contributed by atoms with Gasteiger partial charge in [-0.2, -0.15) is 0 Å². The highest BCUT2D eigenvalue weighted by molar-refractivity contribution is 7.10. The van der Waals surface area contributed by atoms with Crippen LogP contribution in [0.1, 0.15) is 47.6 Å². The fourth-order valence-electron chi connectivity index (χ4n) is 4.04. The number of benzene rings is 2. The second-order valence-corrected chi connectivity index (χ2v) is 9.09. The maximum absolute atomic E-state index is 6.10. The summed E-state index contributed by atoms with van der Waals surface area (Å²) >= 11 is 7.90. The van der Waals surface area contributed by atoms with E-state index in [0.717, 1.165) is 23.9 Å². The predicted molar refractivity (Wildman–Crippen MR) is 124 cm³/mol. The summed E-state index contributed by atoms with van der Waals surface area (Å²) in [6.07, 6.45) is 5.39. The van der Waals surface area contributed by atoms with Crippen molar-refractivity contribution in [3.63, 3.8) is 0 Å². The highest BCUT2D eigenvalue weighted by Gasteiger charge is 2.18. The lowest BCUT2D eigenvalue weighted by atomic mass is 9.90. The van der Waals surface area contributed by atoms with E-state index in [1.807, 2.05) is 12.1 Å². The summed E-state index contributed by atoms with van der Waals surface area (Å²) in [5, 5.41) is 2.91. The van der Waals surface area contributed by atoms with Crippen molar-refractivity contribution in [1.29, 1.82) is 0 Å². The molecule has 1 saturated heterocycles. The molecule has 1 unspecified atom stereocenters. The zero-order valence-corrected chi connectivity index (χ0v) is 18.3. The minimum atomic E-state index is 0.221. The minimum absolute atomic E-state index is 0.221. The van der Waals surface area contributed by atoms with E-state index in [0.29, 0.717) is 0 Å². The van der Waals surface area contributed by atoms with Crippen LogP contribution >= 0.6 is 22.9 Å². The summed E-state index contributed by atoms with van der Waals surface area (Å²) in [5.41, 5.74) is 2.53. The first kappa shape index (κ1) is 20.5. The van der Waals surface area contributed by atoms with Gasteiger partial charge in [0.2, 0.25) is 0 Å². The van der Waals surface area contributed by atoms with E-state index in [-0.39, 0.29) is 5.92 Å². The van der Waals surface area contributed by atoms with Crippen LogP contribution in [-0.4, -0.2) is 31.1 Å². The zero-order chi connectivity index (χ0) is 19.9. The molecule has 4 rings (SSSR count). The molecular formula is C25H28ClNOS. The second kappa shape index (κ2) is 10.3. The topological polar surface area (TPSA) is 12.5 Å². The molecule has 0 spiro atoms. The molecule has 0 saturated carbocycles. The first-order valence-corrected chi connectivity index (χ1v) is 11.8. The van der Waals surface area contributed by atoms with Gasteiger partial charge in [-0.05, 0) is 72.8 Å². The molecule has 2 heterocycles. The van der Waals surface area contributed by atoms with Gasteiger partial charge in [0.25, 0.3) is 0 Å². The van der Waals surface area contributed by atoms with Gasteiger partial charge in [0.1, 0.15) is 12.4 Å². The lowest BCUT2D eigenvalue weighted by Crippen LogP contribution is -2.29. The first-order valence-electron chi connectivity index (χ1n) is 10.5. The van der Waals surface area contributed by atoms with Crippen LogP contribution in [0.4, 0.5) is 0 Å². The van der Waals surface area contributed by atoms with Crippen molar-refractivity contribution >= 4 is 22.9 Å². The minimum Gasteiger partial charge on any atom is -0.492 e. The van der Waals surface area contributed by atoms with Crippen molar-refractivity contribution < 1.29 is 4.74 Å². The van der Waals surface area contributed by atoms with E-state index in [1.165, 1.54) is 54.8 Å². The van der Waals surface area contributed by atoms with E-state index in [1.54, 1.807) is 11.3 Å². The number of ether oxygens (including phenoxy) is 1. The summed E-state index contributed by atoms with van der Waals surface area (Å²) in [7, 11) is 0. The first-order chi connectivity index (χ1) is 14.3. The van der Waals surface area contributed by atoms with E-state index >= 15 is 0 Å². The fourth-order valence-corrected chi connectivity index (χ4v) is 5.05. The third-order valence-corrected chi connectivity index (χ3v) is 6.81. The van der Waals surface area contributed by atoms with Gasteiger partial charge in [-0.1, -0.05) is 54.8 Å². The Morgan fingerprint density at radius 2 is 1.52 bits per heavy atom. The molecule has 1 atom stereocenters. The summed E-state index contributed by atoms with van der Waals surface area (Å²) in [6, 6.07) is 21.1. The van der Waals surface area contributed by atoms with E-state index in [9.17, 15) is 0 Å². The molecule has 1 aliphatic heterocycles. The fraction of sp³-hybridized carbons (Fsp3) is 0.360. The highest BCUT2D eigenvalue weighted by Crippen LogP contribution is 2.35. The number of nitrogens with zero attached hydrogens (tertiary/aromatic N) is 1. The molecule has 1 aliphatic rings. The molecule has 2 nitrogen and oxygen atoms in total. The molecule has 2 aromatic carbocycles. The van der Waals surface area contributed by atoms with Crippen LogP contribution in [0, 0.1) is 0 Å². The van der Waals surface area contributed by atoms with Crippen molar-refractivity contribution in [3.8, 4) is 5.75 Å². The van der Waals surface area contributed by atoms with Gasteiger partial charge < -0.3 is 4.74 Å². The number of halogens is 1. The van der Waals surface area contributed by atoms with Crippen LogP contribution in [0.5, 0.6) is 5.75 Å². The number of rotatable bonds is 7. The van der Waals surface area contributed by atoms with Gasteiger partial charge in [0.15, 0.2) is 0 Å². The van der Waals surface area contributed by atoms with Crippen LogP contribution in [0.3, 0.4) is 0 Å². The van der Waals surface area contributed by atoms with Crippen molar-refractivity contribution in [2.24, 2.45) is 0 Å². The normalized spacial score (nSPS) is 16.3. The standard InChI is InChI=1S/C25H28ClNOS/c26-22-11-7-20(8-12-22)25(24-6-5-19-29-24)21-9-13-23(14-10-21)28-18-17-27-15-3-1-2-4-16-27/h5-14,19,25H,1-4,15-18H2. The third kappa shape index (κ3) is 5.63. The Morgan fingerprint density at radius 3 is 2.14 bits per heavy atom. The molecule has 1 aromatic heterocycles. The van der Waals surface area contributed by atoms with Crippen molar-refractivity contribution in [1.82, 2.24) is 4.90 Å². The van der Waals surface area contributed by atoms with Crippen molar-refractivity contribution in [2.45, 2.75) is 31.6 Å². The van der Waals surface area contributed by atoms with Crippen molar-refractivity contribution in [3.05, 3.63) is 87.1 Å². The summed E-state index contributed by atoms with van der Waals surface area (Å²) < 4.78 is 6.04. The third-order valence-electron chi connectivity index (χ3n) is 5.62. The van der Waals surface area contributed by atoms with Crippen LogP contribution in [0.15, 0.2) is 66.0 Å². The number of hydrogen-bond acceptors (Lipinski definition) is 3. The summed E-state index contributed by atoms with van der Waals surface area (Å²) in [6.45, 7) is 4.20. The Morgan fingerprint density at radius 1 is 0.862 bits per heavy atom. The molecule has 3 aromatic rings. The van der Waals surface area contributed by atoms with E-state index < -0.39 is 0 Å². The quantitative estimate of drug-likeness (QED) is 0.411. The predicted octanol–water partition coefficient (Wildman–Crippen LogP) is 6.84. The Labute approximate surface area is 183 Å².